The van der Waals surface area contributed by atoms with Crippen LogP contribution in [0.5, 0.6) is 0 Å². The highest BCUT2D eigenvalue weighted by atomic mass is 16.2. The largest absolute Gasteiger partial charge is 0.345 e. The number of nitrogens with one attached hydrogen (secondary N) is 2. The van der Waals surface area contributed by atoms with Crippen molar-refractivity contribution in [3.63, 3.8) is 0 Å². The van der Waals surface area contributed by atoms with Crippen molar-refractivity contribution >= 4 is 17.5 Å². The molecule has 2 amide bonds. The van der Waals surface area contributed by atoms with E-state index < -0.39 is 0 Å². The molecule has 2 aliphatic rings. The third kappa shape index (κ3) is 3.46. The summed E-state index contributed by atoms with van der Waals surface area (Å²) < 4.78 is 0. The molecule has 5 nitrogen and oxygen atoms in total. The smallest absolute Gasteiger partial charge is 0.253 e. The van der Waals surface area contributed by atoms with Gasteiger partial charge in [0.2, 0.25) is 5.91 Å². The Bertz CT molecular complexity index is 627. The summed E-state index contributed by atoms with van der Waals surface area (Å²) in [6.45, 7) is 1.90. The van der Waals surface area contributed by atoms with E-state index >= 15 is 0 Å². The predicted octanol–water partition coefficient (Wildman–Crippen LogP) is 2.56. The number of fused-ring (bicyclic) bond motifs is 1. The maximum atomic E-state index is 12.5. The maximum Gasteiger partial charge on any atom is 0.253 e. The van der Waals surface area contributed by atoms with Crippen LogP contribution in [-0.2, 0) is 4.79 Å². The summed E-state index contributed by atoms with van der Waals surface area (Å²) in [5, 5.41) is 6.50. The standard InChI is InChI=1S/C19H27N3O2/c1-12-10-14(8-9-15(12)19(24)22(2)3)20-18(23)17-11-13-6-4-5-7-16(13)21-17/h8-10,13,16-17,21H,4-7,11H2,1-3H3,(H,20,23)/t13-,16-,17+/m1/s1. The number of anilines is 1. The highest BCUT2D eigenvalue weighted by Gasteiger charge is 2.38. The molecule has 0 spiro atoms. The number of rotatable bonds is 3. The first-order valence-corrected chi connectivity index (χ1v) is 8.85. The zero-order chi connectivity index (χ0) is 17.3. The summed E-state index contributed by atoms with van der Waals surface area (Å²) in [6.07, 6.45) is 5.92. The van der Waals surface area contributed by atoms with Crippen LogP contribution in [0.4, 0.5) is 5.69 Å². The van der Waals surface area contributed by atoms with Gasteiger partial charge in [-0.3, -0.25) is 9.59 Å². The lowest BCUT2D eigenvalue weighted by Gasteiger charge is -2.24. The molecule has 0 unspecified atom stereocenters. The Morgan fingerprint density at radius 2 is 1.96 bits per heavy atom. The van der Waals surface area contributed by atoms with Crippen molar-refractivity contribution in [2.45, 2.75) is 51.1 Å². The van der Waals surface area contributed by atoms with E-state index in [0.29, 0.717) is 17.5 Å². The summed E-state index contributed by atoms with van der Waals surface area (Å²) in [5.41, 5.74) is 2.30. The number of benzene rings is 1. The number of carbonyl (C=O) groups is 2. The van der Waals surface area contributed by atoms with Crippen molar-refractivity contribution in [1.29, 1.82) is 0 Å². The molecule has 3 atom stereocenters. The van der Waals surface area contributed by atoms with Crippen molar-refractivity contribution in [1.82, 2.24) is 10.2 Å². The molecule has 2 fully saturated rings. The molecule has 1 aliphatic heterocycles. The highest BCUT2D eigenvalue weighted by molar-refractivity contribution is 5.98. The average Bonchev–Trinajstić information content (AvgIpc) is 2.98. The zero-order valence-corrected chi connectivity index (χ0v) is 14.8. The van der Waals surface area contributed by atoms with Gasteiger partial charge in [0.25, 0.3) is 5.91 Å². The van der Waals surface area contributed by atoms with E-state index in [9.17, 15) is 9.59 Å². The number of amides is 2. The summed E-state index contributed by atoms with van der Waals surface area (Å²) >= 11 is 0. The fourth-order valence-corrected chi connectivity index (χ4v) is 3.97. The van der Waals surface area contributed by atoms with Crippen LogP contribution in [0, 0.1) is 12.8 Å². The van der Waals surface area contributed by atoms with E-state index in [0.717, 1.165) is 17.7 Å². The molecule has 5 heteroatoms. The van der Waals surface area contributed by atoms with Gasteiger partial charge in [0.15, 0.2) is 0 Å². The number of nitrogens with zero attached hydrogens (tertiary/aromatic N) is 1. The second kappa shape index (κ2) is 6.93. The molecule has 3 rings (SSSR count). The molecule has 1 heterocycles. The molecule has 2 N–H and O–H groups in total. The van der Waals surface area contributed by atoms with Gasteiger partial charge in [0, 0.05) is 31.4 Å². The van der Waals surface area contributed by atoms with E-state index in [1.165, 1.54) is 25.7 Å². The Labute approximate surface area is 143 Å². The second-order valence-corrected chi connectivity index (χ2v) is 7.32. The fourth-order valence-electron chi connectivity index (χ4n) is 3.97. The lowest BCUT2D eigenvalue weighted by molar-refractivity contribution is -0.117. The number of carbonyl (C=O) groups excluding carboxylic acids is 2. The van der Waals surface area contributed by atoms with Crippen LogP contribution in [0.25, 0.3) is 0 Å². The number of aryl methyl sites for hydroxylation is 1. The SMILES string of the molecule is Cc1cc(NC(=O)[C@@H]2C[C@H]3CCCC[C@H]3N2)ccc1C(=O)N(C)C. The van der Waals surface area contributed by atoms with Gasteiger partial charge in [-0.15, -0.1) is 0 Å². The Balaban J connectivity index is 1.64. The van der Waals surface area contributed by atoms with Crippen LogP contribution in [0.2, 0.25) is 0 Å². The van der Waals surface area contributed by atoms with Crippen molar-refractivity contribution < 1.29 is 9.59 Å². The van der Waals surface area contributed by atoms with Crippen molar-refractivity contribution in [3.05, 3.63) is 29.3 Å². The van der Waals surface area contributed by atoms with Crippen LogP contribution in [0.1, 0.15) is 48.0 Å². The predicted molar refractivity (Wildman–Crippen MR) is 95.1 cm³/mol. The molecule has 1 saturated carbocycles. The van der Waals surface area contributed by atoms with Gasteiger partial charge < -0.3 is 15.5 Å². The quantitative estimate of drug-likeness (QED) is 0.896. The first-order valence-electron chi connectivity index (χ1n) is 8.85. The van der Waals surface area contributed by atoms with Crippen LogP contribution in [0.3, 0.4) is 0 Å². The van der Waals surface area contributed by atoms with Crippen LogP contribution < -0.4 is 10.6 Å². The molecule has 1 aromatic rings. The third-order valence-corrected chi connectivity index (χ3v) is 5.31. The summed E-state index contributed by atoms with van der Waals surface area (Å²) in [7, 11) is 3.48. The third-order valence-electron chi connectivity index (χ3n) is 5.31. The molecule has 130 valence electrons. The summed E-state index contributed by atoms with van der Waals surface area (Å²) in [4.78, 5) is 26.2. The molecule has 0 radical (unpaired) electrons. The fraction of sp³-hybridized carbons (Fsp3) is 0.579. The van der Waals surface area contributed by atoms with E-state index in [4.69, 9.17) is 0 Å². The van der Waals surface area contributed by atoms with E-state index in [-0.39, 0.29) is 17.9 Å². The van der Waals surface area contributed by atoms with Gasteiger partial charge in [0.1, 0.15) is 0 Å². The Hall–Kier alpha value is -1.88. The molecule has 0 bridgehead atoms. The first-order chi connectivity index (χ1) is 11.5. The lowest BCUT2D eigenvalue weighted by Crippen LogP contribution is -2.39. The first kappa shape index (κ1) is 17.0. The Morgan fingerprint density at radius 1 is 1.21 bits per heavy atom. The van der Waals surface area contributed by atoms with E-state index in [1.807, 2.05) is 19.1 Å². The normalized spacial score (nSPS) is 25.9. The Kier molecular flexibility index (Phi) is 4.90. The van der Waals surface area contributed by atoms with Gasteiger partial charge >= 0.3 is 0 Å². The van der Waals surface area contributed by atoms with Crippen molar-refractivity contribution in [3.8, 4) is 0 Å². The minimum Gasteiger partial charge on any atom is -0.345 e. The van der Waals surface area contributed by atoms with Gasteiger partial charge in [-0.1, -0.05) is 12.8 Å². The highest BCUT2D eigenvalue weighted by Crippen LogP contribution is 2.33. The summed E-state index contributed by atoms with van der Waals surface area (Å²) in [6, 6.07) is 5.88. The zero-order valence-electron chi connectivity index (χ0n) is 14.8. The molecule has 24 heavy (non-hydrogen) atoms. The average molecular weight is 329 g/mol. The van der Waals surface area contributed by atoms with Gasteiger partial charge in [-0.25, -0.2) is 0 Å². The lowest BCUT2D eigenvalue weighted by atomic mass is 9.85. The van der Waals surface area contributed by atoms with E-state index in [2.05, 4.69) is 10.6 Å². The molecular weight excluding hydrogens is 302 g/mol. The maximum absolute atomic E-state index is 12.5. The number of hydrogen-bond acceptors (Lipinski definition) is 3. The molecular formula is C19H27N3O2. The Morgan fingerprint density at radius 3 is 2.62 bits per heavy atom. The molecule has 0 aromatic heterocycles. The molecule has 1 aliphatic carbocycles. The van der Waals surface area contributed by atoms with Crippen molar-refractivity contribution in [2.75, 3.05) is 19.4 Å². The van der Waals surface area contributed by atoms with Gasteiger partial charge in [0.05, 0.1) is 6.04 Å². The monoisotopic (exact) mass is 329 g/mol. The second-order valence-electron chi connectivity index (χ2n) is 7.32. The van der Waals surface area contributed by atoms with E-state index in [1.54, 1.807) is 25.1 Å². The van der Waals surface area contributed by atoms with Crippen LogP contribution in [-0.4, -0.2) is 42.9 Å². The number of hydrogen-bond donors (Lipinski definition) is 2. The summed E-state index contributed by atoms with van der Waals surface area (Å²) in [5.74, 6) is 0.665. The van der Waals surface area contributed by atoms with Crippen LogP contribution in [0.15, 0.2) is 18.2 Å². The van der Waals surface area contributed by atoms with Gasteiger partial charge in [-0.05, 0) is 55.9 Å². The minimum atomic E-state index is -0.0958. The molecule has 1 saturated heterocycles. The molecule has 1 aromatic carbocycles. The van der Waals surface area contributed by atoms with Crippen molar-refractivity contribution in [2.24, 2.45) is 5.92 Å². The minimum absolute atomic E-state index is 0.0214. The topological polar surface area (TPSA) is 61.4 Å². The van der Waals surface area contributed by atoms with Gasteiger partial charge in [-0.2, -0.15) is 0 Å². The van der Waals surface area contributed by atoms with Crippen LogP contribution >= 0.6 is 0 Å².